The van der Waals surface area contributed by atoms with Crippen molar-refractivity contribution in [1.82, 2.24) is 5.32 Å². The van der Waals surface area contributed by atoms with Gasteiger partial charge in [0.2, 0.25) is 5.91 Å². The molecule has 0 aromatic heterocycles. The summed E-state index contributed by atoms with van der Waals surface area (Å²) in [6, 6.07) is 3.12. The highest BCUT2D eigenvalue weighted by molar-refractivity contribution is 5.92. The van der Waals surface area contributed by atoms with Gasteiger partial charge in [0.1, 0.15) is 23.9 Å². The van der Waals surface area contributed by atoms with Gasteiger partial charge in [0, 0.05) is 6.54 Å². The van der Waals surface area contributed by atoms with Crippen molar-refractivity contribution in [2.24, 2.45) is 0 Å². The normalized spacial score (nSPS) is 11.5. The van der Waals surface area contributed by atoms with Gasteiger partial charge < -0.3 is 15.4 Å². The van der Waals surface area contributed by atoms with Crippen molar-refractivity contribution in [2.45, 2.75) is 6.18 Å². The number of carbonyl (C=O) groups excluding carboxylic acids is 1. The highest BCUT2D eigenvalue weighted by atomic mass is 19.4. The van der Waals surface area contributed by atoms with E-state index < -0.39 is 36.0 Å². The topological polar surface area (TPSA) is 50.4 Å². The van der Waals surface area contributed by atoms with Crippen LogP contribution in [-0.2, 0) is 9.53 Å². The zero-order chi connectivity index (χ0) is 15.9. The Balaban J connectivity index is 2.23. The van der Waals surface area contributed by atoms with E-state index in [4.69, 9.17) is 0 Å². The van der Waals surface area contributed by atoms with E-state index in [1.54, 1.807) is 0 Å². The van der Waals surface area contributed by atoms with E-state index in [2.05, 4.69) is 10.1 Å². The van der Waals surface area contributed by atoms with Crippen LogP contribution in [0.2, 0.25) is 0 Å². The Morgan fingerprint density at radius 1 is 1.19 bits per heavy atom. The van der Waals surface area contributed by atoms with E-state index in [0.717, 1.165) is 18.2 Å². The molecule has 21 heavy (non-hydrogen) atoms. The Bertz CT molecular complexity index is 459. The lowest BCUT2D eigenvalue weighted by atomic mass is 10.3. The first-order valence-electron chi connectivity index (χ1n) is 5.88. The van der Waals surface area contributed by atoms with Crippen LogP contribution in [0.3, 0.4) is 0 Å². The van der Waals surface area contributed by atoms with Crippen molar-refractivity contribution in [1.29, 1.82) is 0 Å². The largest absolute Gasteiger partial charge is 0.411 e. The number of hydrogen-bond acceptors (Lipinski definition) is 3. The zero-order valence-electron chi connectivity index (χ0n) is 10.8. The number of benzene rings is 1. The van der Waals surface area contributed by atoms with Crippen LogP contribution in [0, 0.1) is 11.6 Å². The molecular formula is C12H13F5N2O2. The van der Waals surface area contributed by atoms with E-state index >= 15 is 0 Å². The third-order valence-corrected chi connectivity index (χ3v) is 2.20. The van der Waals surface area contributed by atoms with Gasteiger partial charge in [-0.05, 0) is 12.1 Å². The zero-order valence-corrected chi connectivity index (χ0v) is 10.8. The van der Waals surface area contributed by atoms with Gasteiger partial charge in [-0.15, -0.1) is 0 Å². The van der Waals surface area contributed by atoms with Gasteiger partial charge >= 0.3 is 6.18 Å². The quantitative estimate of drug-likeness (QED) is 0.599. The average Bonchev–Trinajstić information content (AvgIpc) is 2.37. The van der Waals surface area contributed by atoms with Crippen LogP contribution in [0.1, 0.15) is 0 Å². The molecule has 0 saturated heterocycles. The van der Waals surface area contributed by atoms with E-state index in [1.807, 2.05) is 5.32 Å². The van der Waals surface area contributed by atoms with Crippen molar-refractivity contribution >= 4 is 11.6 Å². The highest BCUT2D eigenvalue weighted by Gasteiger charge is 2.27. The van der Waals surface area contributed by atoms with E-state index in [9.17, 15) is 26.7 Å². The molecule has 1 rings (SSSR count). The number of alkyl halides is 3. The number of para-hydroxylation sites is 1. The van der Waals surface area contributed by atoms with Crippen molar-refractivity contribution in [3.8, 4) is 0 Å². The van der Waals surface area contributed by atoms with Crippen LogP contribution >= 0.6 is 0 Å². The number of anilines is 1. The predicted molar refractivity (Wildman–Crippen MR) is 64.7 cm³/mol. The number of halogens is 5. The second-order valence-electron chi connectivity index (χ2n) is 3.99. The Morgan fingerprint density at radius 3 is 2.38 bits per heavy atom. The Labute approximate surface area is 117 Å². The fourth-order valence-corrected chi connectivity index (χ4v) is 1.34. The van der Waals surface area contributed by atoms with E-state index in [1.165, 1.54) is 0 Å². The Kier molecular flexibility index (Phi) is 6.50. The molecule has 2 N–H and O–H groups in total. The fraction of sp³-hybridized carbons (Fsp3) is 0.417. The second-order valence-corrected chi connectivity index (χ2v) is 3.99. The monoisotopic (exact) mass is 312 g/mol. The number of nitrogens with one attached hydrogen (secondary N) is 2. The molecule has 118 valence electrons. The molecule has 0 atom stereocenters. The molecule has 0 spiro atoms. The number of carbonyl (C=O) groups is 1. The van der Waals surface area contributed by atoms with Crippen LogP contribution in [-0.4, -0.2) is 38.4 Å². The summed E-state index contributed by atoms with van der Waals surface area (Å²) in [6.45, 7) is -1.95. The van der Waals surface area contributed by atoms with Crippen molar-refractivity contribution < 1.29 is 31.5 Å². The van der Waals surface area contributed by atoms with Gasteiger partial charge in [-0.2, -0.15) is 13.2 Å². The van der Waals surface area contributed by atoms with E-state index in [-0.39, 0.29) is 19.7 Å². The highest BCUT2D eigenvalue weighted by Crippen LogP contribution is 2.17. The molecule has 9 heteroatoms. The first kappa shape index (κ1) is 17.3. The summed E-state index contributed by atoms with van der Waals surface area (Å²) >= 11 is 0. The van der Waals surface area contributed by atoms with Gasteiger partial charge in [-0.25, -0.2) is 8.78 Å². The molecule has 0 radical (unpaired) electrons. The summed E-state index contributed by atoms with van der Waals surface area (Å²) in [7, 11) is 0. The molecule has 0 aliphatic rings. The molecule has 0 aliphatic carbocycles. The summed E-state index contributed by atoms with van der Waals surface area (Å²) < 4.78 is 65.9. The van der Waals surface area contributed by atoms with Crippen molar-refractivity contribution in [3.63, 3.8) is 0 Å². The summed E-state index contributed by atoms with van der Waals surface area (Å²) in [6.07, 6.45) is -4.40. The minimum Gasteiger partial charge on any atom is -0.371 e. The number of rotatable bonds is 7. The molecule has 0 aliphatic heterocycles. The number of ether oxygens (including phenoxy) is 1. The molecule has 4 nitrogen and oxygen atoms in total. The maximum atomic E-state index is 13.2. The minimum atomic E-state index is -4.40. The Hall–Kier alpha value is -1.74. The summed E-state index contributed by atoms with van der Waals surface area (Å²) in [5.74, 6) is -2.57. The number of hydrogen-bond donors (Lipinski definition) is 2. The molecule has 0 heterocycles. The van der Waals surface area contributed by atoms with Gasteiger partial charge in [-0.1, -0.05) is 6.07 Å². The lowest BCUT2D eigenvalue weighted by Crippen LogP contribution is -2.31. The molecular weight excluding hydrogens is 299 g/mol. The van der Waals surface area contributed by atoms with Crippen molar-refractivity contribution in [3.05, 3.63) is 29.8 Å². The van der Waals surface area contributed by atoms with Gasteiger partial charge in [0.25, 0.3) is 0 Å². The summed E-state index contributed by atoms with van der Waals surface area (Å²) in [4.78, 5) is 11.4. The van der Waals surface area contributed by atoms with Crippen LogP contribution < -0.4 is 10.6 Å². The maximum absolute atomic E-state index is 13.2. The lowest BCUT2D eigenvalue weighted by molar-refractivity contribution is -0.173. The van der Waals surface area contributed by atoms with Crippen molar-refractivity contribution in [2.75, 3.05) is 31.6 Å². The molecule has 1 aromatic carbocycles. The van der Waals surface area contributed by atoms with Gasteiger partial charge in [0.05, 0.1) is 13.2 Å². The van der Waals surface area contributed by atoms with Crippen LogP contribution in [0.5, 0.6) is 0 Å². The lowest BCUT2D eigenvalue weighted by Gasteiger charge is -2.09. The molecule has 0 unspecified atom stereocenters. The molecule has 1 amide bonds. The number of amides is 1. The fourth-order valence-electron chi connectivity index (χ4n) is 1.34. The maximum Gasteiger partial charge on any atom is 0.411 e. The predicted octanol–water partition coefficient (Wildman–Crippen LogP) is 2.07. The van der Waals surface area contributed by atoms with E-state index in [0.29, 0.717) is 0 Å². The molecule has 1 aromatic rings. The summed E-state index contributed by atoms with van der Waals surface area (Å²) in [5, 5.41) is 4.50. The third-order valence-electron chi connectivity index (χ3n) is 2.20. The molecule has 0 saturated carbocycles. The average molecular weight is 312 g/mol. The van der Waals surface area contributed by atoms with Gasteiger partial charge in [0.15, 0.2) is 0 Å². The first-order valence-corrected chi connectivity index (χ1v) is 5.88. The second kappa shape index (κ2) is 7.89. The minimum absolute atomic E-state index is 0.0107. The standard InChI is InChI=1S/C12H13F5N2O2/c13-8-2-1-3-9(14)11(8)19-10(20)6-18-4-5-21-7-12(15,16)17/h1-3,18H,4-7H2,(H,19,20). The van der Waals surface area contributed by atoms with Crippen LogP contribution in [0.4, 0.5) is 27.6 Å². The van der Waals surface area contributed by atoms with Crippen LogP contribution in [0.15, 0.2) is 18.2 Å². The van der Waals surface area contributed by atoms with Crippen LogP contribution in [0.25, 0.3) is 0 Å². The SMILES string of the molecule is O=C(CNCCOCC(F)(F)F)Nc1c(F)cccc1F. The summed E-state index contributed by atoms with van der Waals surface area (Å²) in [5.41, 5.74) is -0.572. The Morgan fingerprint density at radius 2 is 1.81 bits per heavy atom. The smallest absolute Gasteiger partial charge is 0.371 e. The first-order chi connectivity index (χ1) is 9.79. The third kappa shape index (κ3) is 7.00. The molecule has 0 fully saturated rings. The molecule has 0 bridgehead atoms. The van der Waals surface area contributed by atoms with Gasteiger partial charge in [-0.3, -0.25) is 4.79 Å².